The summed E-state index contributed by atoms with van der Waals surface area (Å²) in [6.07, 6.45) is 4.72. The van der Waals surface area contributed by atoms with Gasteiger partial charge in [-0.2, -0.15) is 0 Å². The number of rotatable bonds is 3. The average Bonchev–Trinajstić information content (AvgIpc) is 2.92. The standard InChI is InChI=1S/C19H18N2O4/c22-17(12-24-14-5-3-9-20-11-14)21-10-4-8-19(13-21)16-7-2-1-6-15(16)18(23)25-19/h1-3,5-7,9,11H,4,8,10,12-13H2. The molecule has 2 aromatic rings. The van der Waals surface area contributed by atoms with Crippen LogP contribution in [0.25, 0.3) is 0 Å². The first kappa shape index (κ1) is 15.6. The van der Waals surface area contributed by atoms with Crippen LogP contribution in [0.15, 0.2) is 48.8 Å². The Morgan fingerprint density at radius 1 is 1.28 bits per heavy atom. The van der Waals surface area contributed by atoms with Gasteiger partial charge in [0.05, 0.1) is 18.3 Å². The number of carbonyl (C=O) groups is 2. The van der Waals surface area contributed by atoms with Crippen molar-refractivity contribution in [3.8, 4) is 5.75 Å². The zero-order chi connectivity index (χ0) is 17.3. The first-order chi connectivity index (χ1) is 12.2. The number of ether oxygens (including phenoxy) is 2. The molecule has 3 heterocycles. The van der Waals surface area contributed by atoms with Gasteiger partial charge >= 0.3 is 5.97 Å². The van der Waals surface area contributed by atoms with Crippen LogP contribution in [0.2, 0.25) is 0 Å². The molecule has 1 amide bonds. The second-order valence-corrected chi connectivity index (χ2v) is 6.33. The molecule has 1 atom stereocenters. The number of carbonyl (C=O) groups excluding carboxylic acids is 2. The number of hydrogen-bond acceptors (Lipinski definition) is 5. The van der Waals surface area contributed by atoms with Gasteiger partial charge in [-0.15, -0.1) is 0 Å². The fourth-order valence-corrected chi connectivity index (χ4v) is 3.55. The summed E-state index contributed by atoms with van der Waals surface area (Å²) in [6.45, 7) is 0.944. The Labute approximate surface area is 145 Å². The van der Waals surface area contributed by atoms with E-state index in [0.717, 1.165) is 18.4 Å². The fourth-order valence-electron chi connectivity index (χ4n) is 3.55. The smallest absolute Gasteiger partial charge is 0.339 e. The van der Waals surface area contributed by atoms with Gasteiger partial charge in [0.15, 0.2) is 12.2 Å². The van der Waals surface area contributed by atoms with Crippen molar-refractivity contribution in [2.24, 2.45) is 0 Å². The summed E-state index contributed by atoms with van der Waals surface area (Å²) in [6, 6.07) is 10.9. The SMILES string of the molecule is O=C1OC2(CCCN(C(=O)COc3cccnc3)C2)c2ccccc21. The highest BCUT2D eigenvalue weighted by molar-refractivity contribution is 5.95. The number of likely N-dealkylation sites (tertiary alicyclic amines) is 1. The number of hydrogen-bond donors (Lipinski definition) is 0. The molecule has 1 fully saturated rings. The molecule has 2 aliphatic rings. The van der Waals surface area contributed by atoms with Crippen LogP contribution >= 0.6 is 0 Å². The minimum atomic E-state index is -0.726. The highest BCUT2D eigenvalue weighted by Crippen LogP contribution is 2.42. The van der Waals surface area contributed by atoms with E-state index in [0.29, 0.717) is 24.4 Å². The van der Waals surface area contributed by atoms with Crippen LogP contribution in [0.1, 0.15) is 28.8 Å². The van der Waals surface area contributed by atoms with Crippen LogP contribution in [0.4, 0.5) is 0 Å². The predicted molar refractivity (Wildman–Crippen MR) is 89.1 cm³/mol. The fraction of sp³-hybridized carbons (Fsp3) is 0.316. The Morgan fingerprint density at radius 3 is 3.00 bits per heavy atom. The lowest BCUT2D eigenvalue weighted by Crippen LogP contribution is -2.50. The van der Waals surface area contributed by atoms with Crippen LogP contribution in [-0.4, -0.2) is 41.5 Å². The number of benzene rings is 1. The van der Waals surface area contributed by atoms with Gasteiger partial charge in [0, 0.05) is 18.3 Å². The van der Waals surface area contributed by atoms with Crippen molar-refractivity contribution in [1.29, 1.82) is 0 Å². The van der Waals surface area contributed by atoms with Crippen LogP contribution in [0.3, 0.4) is 0 Å². The van der Waals surface area contributed by atoms with Gasteiger partial charge < -0.3 is 14.4 Å². The minimum absolute atomic E-state index is 0.0582. The molecule has 1 unspecified atom stereocenters. The van der Waals surface area contributed by atoms with Gasteiger partial charge in [0.2, 0.25) is 0 Å². The van der Waals surface area contributed by atoms with Gasteiger partial charge in [-0.25, -0.2) is 4.79 Å². The number of piperidine rings is 1. The molecule has 6 nitrogen and oxygen atoms in total. The van der Waals surface area contributed by atoms with E-state index in [9.17, 15) is 9.59 Å². The zero-order valence-electron chi connectivity index (χ0n) is 13.7. The van der Waals surface area contributed by atoms with Crippen molar-refractivity contribution in [2.45, 2.75) is 18.4 Å². The molecule has 6 heteroatoms. The van der Waals surface area contributed by atoms with Crippen LogP contribution < -0.4 is 4.74 Å². The number of esters is 1. The first-order valence-corrected chi connectivity index (χ1v) is 8.31. The Morgan fingerprint density at radius 2 is 2.16 bits per heavy atom. The maximum absolute atomic E-state index is 12.5. The topological polar surface area (TPSA) is 68.7 Å². The quantitative estimate of drug-likeness (QED) is 0.802. The van der Waals surface area contributed by atoms with Gasteiger partial charge in [-0.1, -0.05) is 18.2 Å². The second-order valence-electron chi connectivity index (χ2n) is 6.33. The molecule has 25 heavy (non-hydrogen) atoms. The molecule has 0 bridgehead atoms. The third-order valence-electron chi connectivity index (χ3n) is 4.73. The van der Waals surface area contributed by atoms with E-state index >= 15 is 0 Å². The molecule has 1 saturated heterocycles. The van der Waals surface area contributed by atoms with Gasteiger partial charge in [-0.05, 0) is 31.0 Å². The van der Waals surface area contributed by atoms with Crippen molar-refractivity contribution in [1.82, 2.24) is 9.88 Å². The minimum Gasteiger partial charge on any atom is -0.482 e. The average molecular weight is 338 g/mol. The van der Waals surface area contributed by atoms with E-state index in [-0.39, 0.29) is 18.5 Å². The normalized spacial score (nSPS) is 21.8. The predicted octanol–water partition coefficient (Wildman–Crippen LogP) is 2.15. The third-order valence-corrected chi connectivity index (χ3v) is 4.73. The van der Waals surface area contributed by atoms with E-state index in [4.69, 9.17) is 9.47 Å². The number of nitrogens with zero attached hydrogens (tertiary/aromatic N) is 2. The van der Waals surface area contributed by atoms with E-state index in [1.54, 1.807) is 35.5 Å². The molecular formula is C19H18N2O4. The van der Waals surface area contributed by atoms with E-state index in [1.165, 1.54) is 0 Å². The number of amides is 1. The Kier molecular flexibility index (Phi) is 3.87. The maximum atomic E-state index is 12.5. The lowest BCUT2D eigenvalue weighted by molar-refractivity contribution is -0.140. The monoisotopic (exact) mass is 338 g/mol. The molecule has 1 aromatic heterocycles. The Hall–Kier alpha value is -2.89. The molecule has 0 N–H and O–H groups in total. The molecular weight excluding hydrogens is 320 g/mol. The number of pyridine rings is 1. The lowest BCUT2D eigenvalue weighted by atomic mass is 9.85. The van der Waals surface area contributed by atoms with Crippen molar-refractivity contribution in [3.63, 3.8) is 0 Å². The largest absolute Gasteiger partial charge is 0.482 e. The summed E-state index contributed by atoms with van der Waals surface area (Å²) in [7, 11) is 0. The number of fused-ring (bicyclic) bond motifs is 2. The molecule has 1 aromatic carbocycles. The van der Waals surface area contributed by atoms with E-state index in [1.807, 2.05) is 18.2 Å². The highest BCUT2D eigenvalue weighted by Gasteiger charge is 2.48. The summed E-state index contributed by atoms with van der Waals surface area (Å²) in [5, 5.41) is 0. The van der Waals surface area contributed by atoms with E-state index in [2.05, 4.69) is 4.98 Å². The summed E-state index contributed by atoms with van der Waals surface area (Å²) in [4.78, 5) is 30.4. The third kappa shape index (κ3) is 2.84. The Balaban J connectivity index is 1.48. The van der Waals surface area contributed by atoms with E-state index < -0.39 is 5.60 Å². The molecule has 0 radical (unpaired) electrons. The molecule has 2 aliphatic heterocycles. The van der Waals surface area contributed by atoms with Crippen LogP contribution in [0, 0.1) is 0 Å². The van der Waals surface area contributed by atoms with Crippen molar-refractivity contribution >= 4 is 11.9 Å². The first-order valence-electron chi connectivity index (χ1n) is 8.31. The number of aromatic nitrogens is 1. The lowest BCUT2D eigenvalue weighted by Gasteiger charge is -2.39. The highest BCUT2D eigenvalue weighted by atomic mass is 16.6. The van der Waals surface area contributed by atoms with Gasteiger partial charge in [0.1, 0.15) is 5.75 Å². The van der Waals surface area contributed by atoms with Crippen molar-refractivity contribution < 1.29 is 19.1 Å². The van der Waals surface area contributed by atoms with Gasteiger partial charge in [0.25, 0.3) is 5.91 Å². The molecule has 0 aliphatic carbocycles. The molecule has 0 saturated carbocycles. The van der Waals surface area contributed by atoms with Crippen LogP contribution in [-0.2, 0) is 15.1 Å². The molecule has 1 spiro atoms. The Bertz CT molecular complexity index is 808. The molecule has 4 rings (SSSR count). The summed E-state index contributed by atoms with van der Waals surface area (Å²) in [5.74, 6) is 0.125. The zero-order valence-corrected chi connectivity index (χ0v) is 13.7. The van der Waals surface area contributed by atoms with Crippen molar-refractivity contribution in [3.05, 3.63) is 59.9 Å². The molecule has 128 valence electrons. The summed E-state index contributed by atoms with van der Waals surface area (Å²) >= 11 is 0. The second kappa shape index (κ2) is 6.20. The van der Waals surface area contributed by atoms with Gasteiger partial charge in [-0.3, -0.25) is 9.78 Å². The van der Waals surface area contributed by atoms with Crippen LogP contribution in [0.5, 0.6) is 5.75 Å². The summed E-state index contributed by atoms with van der Waals surface area (Å²) in [5.41, 5.74) is 0.754. The maximum Gasteiger partial charge on any atom is 0.339 e. The van der Waals surface area contributed by atoms with Crippen molar-refractivity contribution in [2.75, 3.05) is 19.7 Å². The summed E-state index contributed by atoms with van der Waals surface area (Å²) < 4.78 is 11.2.